The molecule has 0 heterocycles. The van der Waals surface area contributed by atoms with Gasteiger partial charge in [-0.05, 0) is 17.7 Å². The van der Waals surface area contributed by atoms with Gasteiger partial charge in [-0.15, -0.1) is 11.6 Å². The van der Waals surface area contributed by atoms with Gasteiger partial charge in [0, 0.05) is 0 Å². The Morgan fingerprint density at radius 2 is 2.23 bits per heavy atom. The number of aliphatic hydroxyl groups is 1. The minimum absolute atomic E-state index is 0.167. The fourth-order valence-corrected chi connectivity index (χ4v) is 0.954. The molecule has 0 atom stereocenters. The lowest BCUT2D eigenvalue weighted by atomic mass is 10.1. The molecule has 0 saturated heterocycles. The molecular formula is C10H8ClFO. The van der Waals surface area contributed by atoms with Crippen molar-refractivity contribution < 1.29 is 9.50 Å². The number of hydrogen-bond donors (Lipinski definition) is 1. The first-order chi connectivity index (χ1) is 6.27. The van der Waals surface area contributed by atoms with Crippen LogP contribution < -0.4 is 0 Å². The van der Waals surface area contributed by atoms with Crippen molar-refractivity contribution in [2.24, 2.45) is 0 Å². The second kappa shape index (κ2) is 4.86. The topological polar surface area (TPSA) is 20.2 Å². The summed E-state index contributed by atoms with van der Waals surface area (Å²) in [6, 6.07) is 4.42. The lowest BCUT2D eigenvalue weighted by molar-refractivity contribution is 0.281. The van der Waals surface area contributed by atoms with Gasteiger partial charge in [-0.25, -0.2) is 4.39 Å². The van der Waals surface area contributed by atoms with Crippen LogP contribution in [-0.4, -0.2) is 11.0 Å². The van der Waals surface area contributed by atoms with Gasteiger partial charge in [-0.1, -0.05) is 17.9 Å². The van der Waals surface area contributed by atoms with Gasteiger partial charge in [0.15, 0.2) is 0 Å². The largest absolute Gasteiger partial charge is 0.392 e. The Morgan fingerprint density at radius 1 is 1.46 bits per heavy atom. The highest BCUT2D eigenvalue weighted by molar-refractivity contribution is 6.19. The quantitative estimate of drug-likeness (QED) is 0.540. The van der Waals surface area contributed by atoms with E-state index in [-0.39, 0.29) is 12.5 Å². The van der Waals surface area contributed by atoms with Gasteiger partial charge in [-0.3, -0.25) is 0 Å². The number of halogens is 2. The molecule has 0 amide bonds. The van der Waals surface area contributed by atoms with Crippen LogP contribution in [0.3, 0.4) is 0 Å². The molecule has 0 aliphatic heterocycles. The second-order valence-electron chi connectivity index (χ2n) is 2.41. The van der Waals surface area contributed by atoms with Crippen molar-refractivity contribution in [3.63, 3.8) is 0 Å². The molecule has 1 aromatic carbocycles. The Kier molecular flexibility index (Phi) is 3.75. The summed E-state index contributed by atoms with van der Waals surface area (Å²) in [5.74, 6) is 4.89. The number of aliphatic hydroxyl groups excluding tert-OH is 1. The van der Waals surface area contributed by atoms with Crippen molar-refractivity contribution in [2.75, 3.05) is 5.88 Å². The van der Waals surface area contributed by atoms with Gasteiger partial charge in [-0.2, -0.15) is 0 Å². The van der Waals surface area contributed by atoms with E-state index in [1.54, 1.807) is 6.07 Å². The molecule has 0 radical (unpaired) electrons. The molecule has 0 spiro atoms. The van der Waals surface area contributed by atoms with E-state index in [4.69, 9.17) is 16.7 Å². The smallest absolute Gasteiger partial charge is 0.139 e. The maximum atomic E-state index is 13.1. The lowest BCUT2D eigenvalue weighted by Crippen LogP contribution is -1.88. The molecule has 1 aromatic rings. The van der Waals surface area contributed by atoms with Crippen LogP contribution in [0.15, 0.2) is 18.2 Å². The van der Waals surface area contributed by atoms with Crippen molar-refractivity contribution >= 4 is 11.6 Å². The molecule has 0 aromatic heterocycles. The van der Waals surface area contributed by atoms with Crippen LogP contribution >= 0.6 is 11.6 Å². The van der Waals surface area contributed by atoms with Crippen molar-refractivity contribution in [3.8, 4) is 11.8 Å². The van der Waals surface area contributed by atoms with E-state index in [2.05, 4.69) is 11.8 Å². The van der Waals surface area contributed by atoms with Gasteiger partial charge in [0.1, 0.15) is 5.82 Å². The Hall–Kier alpha value is -1.04. The minimum atomic E-state index is -0.427. The van der Waals surface area contributed by atoms with Crippen molar-refractivity contribution in [3.05, 3.63) is 35.1 Å². The highest BCUT2D eigenvalue weighted by Crippen LogP contribution is 2.09. The zero-order valence-electron chi connectivity index (χ0n) is 6.85. The van der Waals surface area contributed by atoms with E-state index < -0.39 is 5.82 Å². The molecular weight excluding hydrogens is 191 g/mol. The van der Waals surface area contributed by atoms with Gasteiger partial charge in [0.2, 0.25) is 0 Å². The molecule has 3 heteroatoms. The van der Waals surface area contributed by atoms with E-state index in [0.29, 0.717) is 11.1 Å². The van der Waals surface area contributed by atoms with Crippen molar-refractivity contribution in [1.82, 2.24) is 0 Å². The van der Waals surface area contributed by atoms with E-state index in [1.165, 1.54) is 12.1 Å². The Labute approximate surface area is 81.2 Å². The molecule has 68 valence electrons. The number of benzene rings is 1. The summed E-state index contributed by atoms with van der Waals surface area (Å²) in [6.07, 6.45) is 0. The molecule has 13 heavy (non-hydrogen) atoms. The summed E-state index contributed by atoms with van der Waals surface area (Å²) in [4.78, 5) is 0. The zero-order valence-corrected chi connectivity index (χ0v) is 7.61. The minimum Gasteiger partial charge on any atom is -0.392 e. The maximum Gasteiger partial charge on any atom is 0.139 e. The zero-order chi connectivity index (χ0) is 9.68. The Balaban J connectivity index is 2.98. The van der Waals surface area contributed by atoms with Crippen LogP contribution in [0.25, 0.3) is 0 Å². The van der Waals surface area contributed by atoms with Crippen LogP contribution in [0.1, 0.15) is 11.1 Å². The Morgan fingerprint density at radius 3 is 2.77 bits per heavy atom. The van der Waals surface area contributed by atoms with Crippen LogP contribution in [-0.2, 0) is 6.61 Å². The lowest BCUT2D eigenvalue weighted by Gasteiger charge is -1.97. The molecule has 1 nitrogen and oxygen atoms in total. The highest BCUT2D eigenvalue weighted by atomic mass is 35.5. The molecule has 0 aliphatic rings. The Bertz CT molecular complexity index is 352. The molecule has 0 unspecified atom stereocenters. The fraction of sp³-hybridized carbons (Fsp3) is 0.200. The number of alkyl halides is 1. The van der Waals surface area contributed by atoms with Gasteiger partial charge < -0.3 is 5.11 Å². The van der Waals surface area contributed by atoms with E-state index in [9.17, 15) is 4.39 Å². The molecule has 0 saturated carbocycles. The van der Waals surface area contributed by atoms with Crippen LogP contribution in [0.5, 0.6) is 0 Å². The molecule has 0 fully saturated rings. The van der Waals surface area contributed by atoms with Gasteiger partial charge in [0.05, 0.1) is 18.1 Å². The third-order valence-corrected chi connectivity index (χ3v) is 1.64. The second-order valence-corrected chi connectivity index (χ2v) is 2.67. The monoisotopic (exact) mass is 198 g/mol. The first-order valence-corrected chi connectivity index (χ1v) is 4.25. The highest BCUT2D eigenvalue weighted by Gasteiger charge is 1.99. The standard InChI is InChI=1S/C10H8ClFO/c11-5-1-2-9-4-3-8(7-13)6-10(9)12/h3-4,6,13H,5,7H2. The van der Waals surface area contributed by atoms with E-state index in [0.717, 1.165) is 0 Å². The van der Waals surface area contributed by atoms with Crippen LogP contribution in [0.2, 0.25) is 0 Å². The van der Waals surface area contributed by atoms with Crippen LogP contribution in [0.4, 0.5) is 4.39 Å². The SMILES string of the molecule is OCc1ccc(C#CCCl)c(F)c1. The first kappa shape index (κ1) is 10.0. The fourth-order valence-electron chi connectivity index (χ4n) is 0.887. The summed E-state index contributed by atoms with van der Waals surface area (Å²) in [5, 5.41) is 8.71. The van der Waals surface area contributed by atoms with Crippen molar-refractivity contribution in [1.29, 1.82) is 0 Å². The van der Waals surface area contributed by atoms with Gasteiger partial charge in [0.25, 0.3) is 0 Å². The summed E-state index contributed by atoms with van der Waals surface area (Å²) < 4.78 is 13.1. The molecule has 0 bridgehead atoms. The third kappa shape index (κ3) is 2.73. The number of rotatable bonds is 1. The molecule has 0 aliphatic carbocycles. The summed E-state index contributed by atoms with van der Waals surface area (Å²) in [7, 11) is 0. The van der Waals surface area contributed by atoms with Crippen molar-refractivity contribution in [2.45, 2.75) is 6.61 Å². The van der Waals surface area contributed by atoms with E-state index >= 15 is 0 Å². The third-order valence-electron chi connectivity index (χ3n) is 1.51. The maximum absolute atomic E-state index is 13.1. The number of hydrogen-bond acceptors (Lipinski definition) is 1. The molecule has 1 N–H and O–H groups in total. The summed E-state index contributed by atoms with van der Waals surface area (Å²) in [5.41, 5.74) is 0.840. The summed E-state index contributed by atoms with van der Waals surface area (Å²) in [6.45, 7) is -0.167. The van der Waals surface area contributed by atoms with Crippen LogP contribution in [0, 0.1) is 17.7 Å². The summed E-state index contributed by atoms with van der Waals surface area (Å²) >= 11 is 5.33. The average Bonchev–Trinajstić information content (AvgIpc) is 2.16. The first-order valence-electron chi connectivity index (χ1n) is 3.72. The molecule has 1 rings (SSSR count). The predicted octanol–water partition coefficient (Wildman–Crippen LogP) is 1.91. The average molecular weight is 199 g/mol. The predicted molar refractivity (Wildman–Crippen MR) is 49.9 cm³/mol. The van der Waals surface area contributed by atoms with Gasteiger partial charge >= 0.3 is 0 Å². The normalized spacial score (nSPS) is 9.15. The van der Waals surface area contributed by atoms with E-state index in [1.807, 2.05) is 0 Å².